The van der Waals surface area contributed by atoms with E-state index in [4.69, 9.17) is 4.74 Å². The summed E-state index contributed by atoms with van der Waals surface area (Å²) in [6.45, 7) is 5.68. The molecule has 1 aliphatic rings. The van der Waals surface area contributed by atoms with Crippen LogP contribution in [0.1, 0.15) is 37.0 Å². The summed E-state index contributed by atoms with van der Waals surface area (Å²) in [5, 5.41) is 2.80. The maximum absolute atomic E-state index is 12.6. The number of nitrogens with zero attached hydrogens (tertiary/aromatic N) is 1. The van der Waals surface area contributed by atoms with Crippen LogP contribution in [0.5, 0.6) is 0 Å². The van der Waals surface area contributed by atoms with Gasteiger partial charge in [-0.25, -0.2) is 0 Å². The van der Waals surface area contributed by atoms with Gasteiger partial charge in [0.1, 0.15) is 6.04 Å². The molecular formula is C16H22N2O3. The molecule has 1 heterocycles. The lowest BCUT2D eigenvalue weighted by Crippen LogP contribution is -2.45. The highest BCUT2D eigenvalue weighted by Gasteiger charge is 2.32. The zero-order valence-electron chi connectivity index (χ0n) is 12.6. The number of anilines is 1. The van der Waals surface area contributed by atoms with E-state index in [0.717, 1.165) is 6.42 Å². The Morgan fingerprint density at radius 3 is 2.71 bits per heavy atom. The third-order valence-electron chi connectivity index (χ3n) is 3.59. The Bertz CT molecular complexity index is 516. The van der Waals surface area contributed by atoms with Gasteiger partial charge in [0, 0.05) is 19.8 Å². The fourth-order valence-corrected chi connectivity index (χ4v) is 2.48. The van der Waals surface area contributed by atoms with E-state index < -0.39 is 6.04 Å². The van der Waals surface area contributed by atoms with Gasteiger partial charge in [-0.3, -0.25) is 9.59 Å². The minimum Gasteiger partial charge on any atom is -0.382 e. The number of ether oxygens (including phenoxy) is 1. The second-order valence-corrected chi connectivity index (χ2v) is 4.99. The summed E-state index contributed by atoms with van der Waals surface area (Å²) >= 11 is 0. The molecule has 0 saturated carbocycles. The lowest BCUT2D eigenvalue weighted by molar-refractivity contribution is -0.120. The van der Waals surface area contributed by atoms with Crippen molar-refractivity contribution in [2.45, 2.75) is 32.7 Å². The average molecular weight is 290 g/mol. The van der Waals surface area contributed by atoms with Crippen LogP contribution in [0.2, 0.25) is 0 Å². The highest BCUT2D eigenvalue weighted by Crippen LogP contribution is 2.25. The van der Waals surface area contributed by atoms with E-state index in [2.05, 4.69) is 5.32 Å². The number of para-hydroxylation sites is 1. The van der Waals surface area contributed by atoms with Crippen molar-refractivity contribution in [3.8, 4) is 0 Å². The Morgan fingerprint density at radius 2 is 2.00 bits per heavy atom. The standard InChI is InChI=1S/C16H22N2O3/c1-3-13-16(20)18(10-7-11-21-4-2)14-9-6-5-8-12(14)15(19)17-13/h5-6,8-9,13H,3-4,7,10-11H2,1-2H3,(H,17,19). The second kappa shape index (κ2) is 7.22. The molecule has 114 valence electrons. The lowest BCUT2D eigenvalue weighted by Gasteiger charge is -2.24. The van der Waals surface area contributed by atoms with Crippen molar-refractivity contribution in [2.24, 2.45) is 0 Å². The SMILES string of the molecule is CCOCCCN1C(=O)C(CC)NC(=O)c2ccccc21. The van der Waals surface area contributed by atoms with Gasteiger partial charge in [-0.15, -0.1) is 0 Å². The lowest BCUT2D eigenvalue weighted by atomic mass is 10.1. The number of fused-ring (bicyclic) bond motifs is 1. The Morgan fingerprint density at radius 1 is 1.24 bits per heavy atom. The number of amides is 2. The van der Waals surface area contributed by atoms with Gasteiger partial charge in [-0.2, -0.15) is 0 Å². The van der Waals surface area contributed by atoms with Crippen molar-refractivity contribution in [2.75, 3.05) is 24.7 Å². The normalized spacial score (nSPS) is 18.2. The number of hydrogen-bond donors (Lipinski definition) is 1. The van der Waals surface area contributed by atoms with Crippen LogP contribution in [0.4, 0.5) is 5.69 Å². The van der Waals surface area contributed by atoms with Gasteiger partial charge >= 0.3 is 0 Å². The van der Waals surface area contributed by atoms with E-state index in [-0.39, 0.29) is 11.8 Å². The van der Waals surface area contributed by atoms with E-state index in [9.17, 15) is 9.59 Å². The molecule has 5 heteroatoms. The number of carbonyl (C=O) groups is 2. The third-order valence-corrected chi connectivity index (χ3v) is 3.59. The summed E-state index contributed by atoms with van der Waals surface area (Å²) in [6.07, 6.45) is 1.33. The highest BCUT2D eigenvalue weighted by molar-refractivity contribution is 6.10. The Kier molecular flexibility index (Phi) is 5.33. The van der Waals surface area contributed by atoms with Crippen LogP contribution in [-0.2, 0) is 9.53 Å². The quantitative estimate of drug-likeness (QED) is 0.815. The molecule has 0 spiro atoms. The maximum atomic E-state index is 12.6. The average Bonchev–Trinajstić information content (AvgIpc) is 2.61. The number of carbonyl (C=O) groups excluding carboxylic acids is 2. The molecule has 21 heavy (non-hydrogen) atoms. The van der Waals surface area contributed by atoms with Crippen LogP contribution < -0.4 is 10.2 Å². The molecule has 1 aromatic rings. The number of nitrogens with one attached hydrogen (secondary N) is 1. The van der Waals surface area contributed by atoms with Gasteiger partial charge in [0.25, 0.3) is 5.91 Å². The molecule has 0 aliphatic carbocycles. The minimum atomic E-state index is -0.461. The second-order valence-electron chi connectivity index (χ2n) is 4.99. The minimum absolute atomic E-state index is 0.0488. The molecule has 0 radical (unpaired) electrons. The van der Waals surface area contributed by atoms with Crippen LogP contribution in [-0.4, -0.2) is 37.6 Å². The fourth-order valence-electron chi connectivity index (χ4n) is 2.48. The Labute approximate surface area is 125 Å². The van der Waals surface area contributed by atoms with Crippen molar-refractivity contribution in [3.63, 3.8) is 0 Å². The first-order valence-electron chi connectivity index (χ1n) is 7.48. The summed E-state index contributed by atoms with van der Waals surface area (Å²) in [5.41, 5.74) is 1.24. The molecular weight excluding hydrogens is 268 g/mol. The highest BCUT2D eigenvalue weighted by atomic mass is 16.5. The van der Waals surface area contributed by atoms with Crippen LogP contribution in [0.25, 0.3) is 0 Å². The first-order valence-corrected chi connectivity index (χ1v) is 7.48. The van der Waals surface area contributed by atoms with Crippen LogP contribution in [0.3, 0.4) is 0 Å². The van der Waals surface area contributed by atoms with Crippen molar-refractivity contribution >= 4 is 17.5 Å². The Hall–Kier alpha value is -1.88. The van der Waals surface area contributed by atoms with E-state index >= 15 is 0 Å². The molecule has 1 N–H and O–H groups in total. The van der Waals surface area contributed by atoms with E-state index in [1.807, 2.05) is 32.0 Å². The van der Waals surface area contributed by atoms with Crippen molar-refractivity contribution < 1.29 is 14.3 Å². The van der Waals surface area contributed by atoms with Gasteiger partial charge in [-0.1, -0.05) is 19.1 Å². The molecule has 1 aliphatic heterocycles. The summed E-state index contributed by atoms with van der Waals surface area (Å²) in [7, 11) is 0. The van der Waals surface area contributed by atoms with Gasteiger partial charge in [0.15, 0.2) is 0 Å². The van der Waals surface area contributed by atoms with E-state index in [0.29, 0.717) is 37.4 Å². The van der Waals surface area contributed by atoms with Crippen LogP contribution in [0, 0.1) is 0 Å². The fraction of sp³-hybridized carbons (Fsp3) is 0.500. The monoisotopic (exact) mass is 290 g/mol. The summed E-state index contributed by atoms with van der Waals surface area (Å²) in [4.78, 5) is 26.6. The predicted molar refractivity (Wildman–Crippen MR) is 81.5 cm³/mol. The predicted octanol–water partition coefficient (Wildman–Crippen LogP) is 1.97. The van der Waals surface area contributed by atoms with Crippen molar-refractivity contribution in [1.82, 2.24) is 5.32 Å². The molecule has 0 aromatic heterocycles. The van der Waals surface area contributed by atoms with Crippen molar-refractivity contribution in [3.05, 3.63) is 29.8 Å². The van der Waals surface area contributed by atoms with Crippen LogP contribution >= 0.6 is 0 Å². The van der Waals surface area contributed by atoms with Gasteiger partial charge in [0.05, 0.1) is 11.3 Å². The van der Waals surface area contributed by atoms with Gasteiger partial charge in [-0.05, 0) is 31.9 Å². The summed E-state index contributed by atoms with van der Waals surface area (Å²) < 4.78 is 5.33. The molecule has 1 aromatic carbocycles. The molecule has 2 amide bonds. The molecule has 2 rings (SSSR count). The number of benzene rings is 1. The first kappa shape index (κ1) is 15.5. The molecule has 1 unspecified atom stereocenters. The van der Waals surface area contributed by atoms with E-state index in [1.165, 1.54) is 0 Å². The van der Waals surface area contributed by atoms with Gasteiger partial charge in [0.2, 0.25) is 5.91 Å². The zero-order valence-corrected chi connectivity index (χ0v) is 12.6. The molecule has 0 fully saturated rings. The summed E-state index contributed by atoms with van der Waals surface area (Å²) in [6, 6.07) is 6.78. The summed E-state index contributed by atoms with van der Waals surface area (Å²) in [5.74, 6) is -0.231. The Balaban J connectivity index is 2.26. The maximum Gasteiger partial charge on any atom is 0.254 e. The first-order chi connectivity index (χ1) is 10.2. The van der Waals surface area contributed by atoms with Gasteiger partial charge < -0.3 is 15.0 Å². The molecule has 1 atom stereocenters. The van der Waals surface area contributed by atoms with Crippen LogP contribution in [0.15, 0.2) is 24.3 Å². The molecule has 5 nitrogen and oxygen atoms in total. The number of hydrogen-bond acceptors (Lipinski definition) is 3. The third kappa shape index (κ3) is 3.42. The zero-order chi connectivity index (χ0) is 15.2. The smallest absolute Gasteiger partial charge is 0.254 e. The topological polar surface area (TPSA) is 58.6 Å². The van der Waals surface area contributed by atoms with E-state index in [1.54, 1.807) is 11.0 Å². The largest absolute Gasteiger partial charge is 0.382 e. The van der Waals surface area contributed by atoms with Crippen molar-refractivity contribution in [1.29, 1.82) is 0 Å². The molecule has 0 bridgehead atoms. The molecule has 0 saturated heterocycles. The number of rotatable bonds is 6.